The van der Waals surface area contributed by atoms with Crippen molar-refractivity contribution in [2.75, 3.05) is 17.1 Å². The van der Waals surface area contributed by atoms with E-state index in [4.69, 9.17) is 0 Å². The number of sulfonamides is 1. The molecule has 2 atom stereocenters. The fourth-order valence-electron chi connectivity index (χ4n) is 4.56. The van der Waals surface area contributed by atoms with E-state index < -0.39 is 16.1 Å². The molecule has 3 aromatic carbocycles. The number of hydrogen-bond acceptors (Lipinski definition) is 4. The second-order valence-electron chi connectivity index (χ2n) is 10.3. The van der Waals surface area contributed by atoms with Gasteiger partial charge in [-0.05, 0) is 55.5 Å². The Hall–Kier alpha value is -3.65. The molecule has 0 spiro atoms. The van der Waals surface area contributed by atoms with Crippen molar-refractivity contribution in [3.63, 3.8) is 0 Å². The van der Waals surface area contributed by atoms with Gasteiger partial charge in [-0.25, -0.2) is 8.42 Å². The topological polar surface area (TPSA) is 86.8 Å². The second kappa shape index (κ2) is 14.7. The van der Waals surface area contributed by atoms with Crippen LogP contribution in [0.25, 0.3) is 0 Å². The van der Waals surface area contributed by atoms with E-state index in [1.165, 1.54) is 10.6 Å². The van der Waals surface area contributed by atoms with E-state index in [-0.39, 0.29) is 37.4 Å². The molecular weight excluding hydrogens is 522 g/mol. The fraction of sp³-hybridized carbons (Fsp3) is 0.375. The van der Waals surface area contributed by atoms with Gasteiger partial charge in [0.05, 0.1) is 11.9 Å². The average Bonchev–Trinajstić information content (AvgIpc) is 2.93. The summed E-state index contributed by atoms with van der Waals surface area (Å²) in [6.45, 7) is 6.30. The van der Waals surface area contributed by atoms with Gasteiger partial charge in [0.25, 0.3) is 0 Å². The third-order valence-corrected chi connectivity index (χ3v) is 8.10. The largest absolute Gasteiger partial charge is 0.352 e. The highest BCUT2D eigenvalue weighted by atomic mass is 32.2. The molecule has 3 rings (SSSR count). The van der Waals surface area contributed by atoms with Gasteiger partial charge < -0.3 is 10.2 Å². The van der Waals surface area contributed by atoms with Gasteiger partial charge in [-0.3, -0.25) is 13.9 Å². The number of carbonyl (C=O) groups is 2. The predicted octanol–water partition coefficient (Wildman–Crippen LogP) is 5.10. The smallest absolute Gasteiger partial charge is 0.243 e. The van der Waals surface area contributed by atoms with E-state index in [0.29, 0.717) is 18.5 Å². The maximum absolute atomic E-state index is 13.8. The van der Waals surface area contributed by atoms with Crippen LogP contribution >= 0.6 is 0 Å². The van der Waals surface area contributed by atoms with Crippen LogP contribution in [0.1, 0.15) is 49.8 Å². The van der Waals surface area contributed by atoms with Crippen molar-refractivity contribution in [2.45, 2.75) is 65.1 Å². The summed E-state index contributed by atoms with van der Waals surface area (Å²) in [6.07, 6.45) is 2.74. The maximum Gasteiger partial charge on any atom is 0.243 e. The molecule has 214 valence electrons. The lowest BCUT2D eigenvalue weighted by atomic mass is 10.0. The molecule has 1 N–H and O–H groups in total. The van der Waals surface area contributed by atoms with Crippen LogP contribution in [0.15, 0.2) is 84.9 Å². The van der Waals surface area contributed by atoms with E-state index in [2.05, 4.69) is 5.32 Å². The standard InChI is InChI=1S/C32H41N3O4S/c1-5-26(3)33-32(37)30(23-27-15-8-6-9-16-27)34(24-28-17-10-7-11-18-28)31(36)20-13-21-35(40(4,38)39)29-19-12-14-25(2)22-29/h6-12,14-19,22,26,30H,5,13,20-21,23-24H2,1-4H3,(H,33,37)/t26-,30+/m0/s1. The highest BCUT2D eigenvalue weighted by molar-refractivity contribution is 7.92. The van der Waals surface area contributed by atoms with E-state index in [1.54, 1.807) is 11.0 Å². The lowest BCUT2D eigenvalue weighted by molar-refractivity contribution is -0.141. The molecular formula is C32H41N3O4S. The first-order valence-electron chi connectivity index (χ1n) is 13.8. The van der Waals surface area contributed by atoms with Crippen LogP contribution in [0, 0.1) is 6.92 Å². The minimum Gasteiger partial charge on any atom is -0.352 e. The molecule has 7 nitrogen and oxygen atoms in total. The van der Waals surface area contributed by atoms with Crippen LogP contribution in [0.2, 0.25) is 0 Å². The normalized spacial score (nSPS) is 12.8. The first-order chi connectivity index (χ1) is 19.1. The van der Waals surface area contributed by atoms with E-state index in [1.807, 2.05) is 99.6 Å². The molecule has 0 unspecified atom stereocenters. The molecule has 0 heterocycles. The van der Waals surface area contributed by atoms with Crippen LogP contribution in [0.4, 0.5) is 5.69 Å². The summed E-state index contributed by atoms with van der Waals surface area (Å²) in [6, 6.07) is 25.9. The van der Waals surface area contributed by atoms with E-state index >= 15 is 0 Å². The van der Waals surface area contributed by atoms with E-state index in [0.717, 1.165) is 23.1 Å². The monoisotopic (exact) mass is 563 g/mol. The molecule has 40 heavy (non-hydrogen) atoms. The lowest BCUT2D eigenvalue weighted by Crippen LogP contribution is -2.52. The van der Waals surface area contributed by atoms with Crippen molar-refractivity contribution in [2.24, 2.45) is 0 Å². The zero-order chi connectivity index (χ0) is 29.1. The van der Waals surface area contributed by atoms with Crippen LogP contribution in [-0.4, -0.2) is 50.0 Å². The van der Waals surface area contributed by atoms with Crippen LogP contribution in [0.5, 0.6) is 0 Å². The molecule has 0 radical (unpaired) electrons. The van der Waals surface area contributed by atoms with Crippen molar-refractivity contribution in [1.29, 1.82) is 0 Å². The van der Waals surface area contributed by atoms with Crippen LogP contribution < -0.4 is 9.62 Å². The summed E-state index contributed by atoms with van der Waals surface area (Å²) in [5.74, 6) is -0.387. The van der Waals surface area contributed by atoms with Gasteiger partial charge in [0.1, 0.15) is 6.04 Å². The Morgan fingerprint density at radius 2 is 1.52 bits per heavy atom. The molecule has 3 aromatic rings. The third-order valence-electron chi connectivity index (χ3n) is 6.91. The molecule has 0 aromatic heterocycles. The summed E-state index contributed by atoms with van der Waals surface area (Å²) in [5.41, 5.74) is 3.40. The van der Waals surface area contributed by atoms with Gasteiger partial charge >= 0.3 is 0 Å². The molecule has 0 saturated heterocycles. The van der Waals surface area contributed by atoms with Crippen molar-refractivity contribution in [3.05, 3.63) is 102 Å². The number of carbonyl (C=O) groups excluding carboxylic acids is 2. The zero-order valence-electron chi connectivity index (χ0n) is 23.9. The highest BCUT2D eigenvalue weighted by Gasteiger charge is 2.31. The van der Waals surface area contributed by atoms with Gasteiger partial charge in [-0.2, -0.15) is 0 Å². The van der Waals surface area contributed by atoms with Gasteiger partial charge in [0.15, 0.2) is 0 Å². The van der Waals surface area contributed by atoms with Crippen molar-refractivity contribution >= 4 is 27.5 Å². The summed E-state index contributed by atoms with van der Waals surface area (Å²) in [5, 5.41) is 3.07. The minimum atomic E-state index is -3.54. The number of amides is 2. The molecule has 0 aliphatic carbocycles. The van der Waals surface area contributed by atoms with Crippen LogP contribution in [-0.2, 0) is 32.6 Å². The van der Waals surface area contributed by atoms with Gasteiger partial charge in [0, 0.05) is 32.0 Å². The summed E-state index contributed by atoms with van der Waals surface area (Å²) < 4.78 is 26.5. The Labute approximate surface area is 239 Å². The lowest BCUT2D eigenvalue weighted by Gasteiger charge is -2.32. The first-order valence-corrected chi connectivity index (χ1v) is 15.7. The summed E-state index contributed by atoms with van der Waals surface area (Å²) >= 11 is 0. The molecule has 0 fully saturated rings. The molecule has 2 amide bonds. The Morgan fingerprint density at radius 3 is 2.10 bits per heavy atom. The number of nitrogens with one attached hydrogen (secondary N) is 1. The summed E-state index contributed by atoms with van der Waals surface area (Å²) in [7, 11) is -3.54. The number of hydrogen-bond donors (Lipinski definition) is 1. The fourth-order valence-corrected chi connectivity index (χ4v) is 5.52. The Kier molecular flexibility index (Phi) is 11.3. The number of nitrogens with zero attached hydrogens (tertiary/aromatic N) is 2. The Balaban J connectivity index is 1.87. The molecule has 0 saturated carbocycles. The SMILES string of the molecule is CC[C@H](C)NC(=O)[C@@H](Cc1ccccc1)N(Cc1ccccc1)C(=O)CCCN(c1cccc(C)c1)S(C)(=O)=O. The van der Waals surface area contributed by atoms with E-state index in [9.17, 15) is 18.0 Å². The highest BCUT2D eigenvalue weighted by Crippen LogP contribution is 2.21. The van der Waals surface area contributed by atoms with Gasteiger partial charge in [-0.15, -0.1) is 0 Å². The second-order valence-corrected chi connectivity index (χ2v) is 12.2. The van der Waals surface area contributed by atoms with Crippen LogP contribution in [0.3, 0.4) is 0 Å². The van der Waals surface area contributed by atoms with Gasteiger partial charge in [-0.1, -0.05) is 79.7 Å². The average molecular weight is 564 g/mol. The first kappa shape index (κ1) is 30.9. The molecule has 0 aliphatic heterocycles. The minimum absolute atomic E-state index is 0.0305. The molecule has 0 bridgehead atoms. The Morgan fingerprint density at radius 1 is 0.900 bits per heavy atom. The number of rotatable bonds is 14. The van der Waals surface area contributed by atoms with Crippen molar-refractivity contribution in [3.8, 4) is 0 Å². The maximum atomic E-state index is 13.8. The number of aryl methyl sites for hydroxylation is 1. The third kappa shape index (κ3) is 9.23. The number of anilines is 1. The quantitative estimate of drug-likeness (QED) is 0.296. The van der Waals surface area contributed by atoms with Gasteiger partial charge in [0.2, 0.25) is 21.8 Å². The predicted molar refractivity (Wildman–Crippen MR) is 161 cm³/mol. The van der Waals surface area contributed by atoms with Crippen molar-refractivity contribution < 1.29 is 18.0 Å². The number of benzene rings is 3. The molecule has 8 heteroatoms. The summed E-state index contributed by atoms with van der Waals surface area (Å²) in [4.78, 5) is 29.1. The Bertz CT molecular complexity index is 1350. The molecule has 0 aliphatic rings. The zero-order valence-corrected chi connectivity index (χ0v) is 24.7. The van der Waals surface area contributed by atoms with Crippen molar-refractivity contribution in [1.82, 2.24) is 10.2 Å².